The van der Waals surface area contributed by atoms with Gasteiger partial charge in [0.05, 0.1) is 6.10 Å². The van der Waals surface area contributed by atoms with Crippen molar-refractivity contribution in [2.75, 3.05) is 18.5 Å². The SMILES string of the molecule is Cc1ccc(NC(=O)COc2ccc(Br)cc2CNC[C@H](C)O)cc1. The molecule has 6 heteroatoms. The average molecular weight is 407 g/mol. The molecule has 2 rings (SSSR count). The van der Waals surface area contributed by atoms with E-state index in [2.05, 4.69) is 26.6 Å². The molecule has 0 spiro atoms. The summed E-state index contributed by atoms with van der Waals surface area (Å²) in [4.78, 5) is 12.1. The summed E-state index contributed by atoms with van der Waals surface area (Å²) in [6.07, 6.45) is -0.420. The topological polar surface area (TPSA) is 70.6 Å². The van der Waals surface area contributed by atoms with E-state index in [4.69, 9.17) is 4.74 Å². The molecule has 1 amide bonds. The number of carbonyl (C=O) groups is 1. The standard InChI is InChI=1S/C19H23BrN2O3/c1-13-3-6-17(7-4-13)22-19(24)12-25-18-8-5-16(20)9-15(18)11-21-10-14(2)23/h3-9,14,21,23H,10-12H2,1-2H3,(H,22,24)/t14-/m0/s1. The van der Waals surface area contributed by atoms with Crippen molar-refractivity contribution in [2.45, 2.75) is 26.5 Å². The van der Waals surface area contributed by atoms with Gasteiger partial charge >= 0.3 is 0 Å². The maximum absolute atomic E-state index is 12.1. The molecule has 2 aromatic rings. The molecule has 5 nitrogen and oxygen atoms in total. The van der Waals surface area contributed by atoms with Crippen molar-refractivity contribution in [2.24, 2.45) is 0 Å². The van der Waals surface area contributed by atoms with Gasteiger partial charge in [-0.05, 0) is 44.2 Å². The third-order valence-corrected chi connectivity index (χ3v) is 3.97. The van der Waals surface area contributed by atoms with Gasteiger partial charge in [-0.2, -0.15) is 0 Å². The molecule has 25 heavy (non-hydrogen) atoms. The molecule has 0 bridgehead atoms. The number of rotatable bonds is 8. The zero-order chi connectivity index (χ0) is 18.2. The van der Waals surface area contributed by atoms with E-state index in [1.54, 1.807) is 6.92 Å². The molecule has 0 aromatic heterocycles. The van der Waals surface area contributed by atoms with Gasteiger partial charge in [-0.15, -0.1) is 0 Å². The third-order valence-electron chi connectivity index (χ3n) is 3.47. The van der Waals surface area contributed by atoms with E-state index in [9.17, 15) is 9.90 Å². The van der Waals surface area contributed by atoms with E-state index in [-0.39, 0.29) is 12.5 Å². The van der Waals surface area contributed by atoms with E-state index in [1.807, 2.05) is 49.4 Å². The van der Waals surface area contributed by atoms with Gasteiger partial charge in [0.15, 0.2) is 6.61 Å². The molecule has 0 radical (unpaired) electrons. The molecule has 0 unspecified atom stereocenters. The molecule has 0 saturated heterocycles. The minimum atomic E-state index is -0.420. The molecule has 0 aliphatic carbocycles. The van der Waals surface area contributed by atoms with Gasteiger partial charge in [0.2, 0.25) is 0 Å². The van der Waals surface area contributed by atoms with Gasteiger partial charge in [0.25, 0.3) is 5.91 Å². The lowest BCUT2D eigenvalue weighted by Gasteiger charge is -2.13. The van der Waals surface area contributed by atoms with Crippen LogP contribution in [0.3, 0.4) is 0 Å². The fourth-order valence-corrected chi connectivity index (χ4v) is 2.63. The summed E-state index contributed by atoms with van der Waals surface area (Å²) in [7, 11) is 0. The van der Waals surface area contributed by atoms with Crippen molar-refractivity contribution in [1.82, 2.24) is 5.32 Å². The smallest absolute Gasteiger partial charge is 0.262 e. The van der Waals surface area contributed by atoms with E-state index in [1.165, 1.54) is 0 Å². The highest BCUT2D eigenvalue weighted by Gasteiger charge is 2.09. The number of carbonyl (C=O) groups excluding carboxylic acids is 1. The average Bonchev–Trinajstić information content (AvgIpc) is 2.56. The molecule has 134 valence electrons. The van der Waals surface area contributed by atoms with Gasteiger partial charge < -0.3 is 20.5 Å². The van der Waals surface area contributed by atoms with Crippen LogP contribution in [0.5, 0.6) is 5.75 Å². The van der Waals surface area contributed by atoms with Gasteiger partial charge in [0.1, 0.15) is 5.75 Å². The Bertz CT molecular complexity index is 702. The highest BCUT2D eigenvalue weighted by atomic mass is 79.9. The number of benzene rings is 2. The number of aryl methyl sites for hydroxylation is 1. The minimum absolute atomic E-state index is 0.0705. The van der Waals surface area contributed by atoms with Crippen LogP contribution in [0.25, 0.3) is 0 Å². The van der Waals surface area contributed by atoms with E-state index in [0.29, 0.717) is 18.8 Å². The Balaban J connectivity index is 1.92. The first-order valence-corrected chi connectivity index (χ1v) is 8.90. The second-order valence-electron chi connectivity index (χ2n) is 5.93. The lowest BCUT2D eigenvalue weighted by Crippen LogP contribution is -2.24. The quantitative estimate of drug-likeness (QED) is 0.629. The van der Waals surface area contributed by atoms with Crippen LogP contribution in [0.2, 0.25) is 0 Å². The number of aliphatic hydroxyl groups is 1. The highest BCUT2D eigenvalue weighted by Crippen LogP contribution is 2.23. The number of aliphatic hydroxyl groups excluding tert-OH is 1. The minimum Gasteiger partial charge on any atom is -0.483 e. The fraction of sp³-hybridized carbons (Fsp3) is 0.316. The van der Waals surface area contributed by atoms with Crippen LogP contribution in [0.15, 0.2) is 46.9 Å². The number of hydrogen-bond donors (Lipinski definition) is 3. The van der Waals surface area contributed by atoms with Crippen LogP contribution >= 0.6 is 15.9 Å². The molecule has 2 aromatic carbocycles. The summed E-state index contributed by atoms with van der Waals surface area (Å²) in [6.45, 7) is 4.67. The lowest BCUT2D eigenvalue weighted by atomic mass is 10.2. The maximum Gasteiger partial charge on any atom is 0.262 e. The van der Waals surface area contributed by atoms with Crippen molar-refractivity contribution in [1.29, 1.82) is 0 Å². The van der Waals surface area contributed by atoms with Crippen LogP contribution in [-0.4, -0.2) is 30.3 Å². The normalized spacial score (nSPS) is 11.8. The van der Waals surface area contributed by atoms with Gasteiger partial charge in [0, 0.05) is 28.8 Å². The second-order valence-corrected chi connectivity index (χ2v) is 6.85. The number of ether oxygens (including phenoxy) is 1. The Kier molecular flexibility index (Phi) is 7.43. The molecule has 0 aliphatic heterocycles. The molecular weight excluding hydrogens is 384 g/mol. The zero-order valence-electron chi connectivity index (χ0n) is 14.4. The summed E-state index contributed by atoms with van der Waals surface area (Å²) >= 11 is 3.44. The second kappa shape index (κ2) is 9.56. The number of nitrogens with one attached hydrogen (secondary N) is 2. The van der Waals surface area contributed by atoms with Crippen molar-refractivity contribution in [3.8, 4) is 5.75 Å². The summed E-state index contributed by atoms with van der Waals surface area (Å²) in [5, 5.41) is 15.3. The first-order valence-electron chi connectivity index (χ1n) is 8.10. The molecule has 1 atom stereocenters. The summed E-state index contributed by atoms with van der Waals surface area (Å²) < 4.78 is 6.60. The number of amides is 1. The first kappa shape index (κ1) is 19.4. The Morgan fingerprint density at radius 1 is 1.24 bits per heavy atom. The predicted octanol–water partition coefficient (Wildman–Crippen LogP) is 3.25. The summed E-state index contributed by atoms with van der Waals surface area (Å²) in [5.41, 5.74) is 2.80. The van der Waals surface area contributed by atoms with Crippen LogP contribution in [0.4, 0.5) is 5.69 Å². The zero-order valence-corrected chi connectivity index (χ0v) is 16.0. The number of hydrogen-bond acceptors (Lipinski definition) is 4. The fourth-order valence-electron chi connectivity index (χ4n) is 2.22. The first-order chi connectivity index (χ1) is 11.9. The van der Waals surface area contributed by atoms with Crippen molar-refractivity contribution in [3.05, 3.63) is 58.1 Å². The van der Waals surface area contributed by atoms with E-state index >= 15 is 0 Å². The van der Waals surface area contributed by atoms with E-state index < -0.39 is 6.10 Å². The monoisotopic (exact) mass is 406 g/mol. The molecule has 3 N–H and O–H groups in total. The summed E-state index contributed by atoms with van der Waals surface area (Å²) in [6, 6.07) is 13.2. The van der Waals surface area contributed by atoms with Crippen molar-refractivity contribution >= 4 is 27.5 Å². The number of anilines is 1. The molecule has 0 saturated carbocycles. The van der Waals surface area contributed by atoms with Crippen molar-refractivity contribution < 1.29 is 14.6 Å². The molecule has 0 fully saturated rings. The Morgan fingerprint density at radius 2 is 1.96 bits per heavy atom. The number of halogens is 1. The maximum atomic E-state index is 12.1. The van der Waals surface area contributed by atoms with Gasteiger partial charge in [-0.3, -0.25) is 4.79 Å². The molecule has 0 heterocycles. The predicted molar refractivity (Wildman–Crippen MR) is 103 cm³/mol. The Labute approximate surface area is 156 Å². The Hall–Kier alpha value is -1.89. The third kappa shape index (κ3) is 6.86. The van der Waals surface area contributed by atoms with Crippen molar-refractivity contribution in [3.63, 3.8) is 0 Å². The van der Waals surface area contributed by atoms with E-state index in [0.717, 1.165) is 21.3 Å². The van der Waals surface area contributed by atoms with Gasteiger partial charge in [-0.1, -0.05) is 33.6 Å². The molecule has 0 aliphatic rings. The Morgan fingerprint density at radius 3 is 2.64 bits per heavy atom. The highest BCUT2D eigenvalue weighted by molar-refractivity contribution is 9.10. The van der Waals surface area contributed by atoms with Gasteiger partial charge in [-0.25, -0.2) is 0 Å². The summed E-state index contributed by atoms with van der Waals surface area (Å²) in [5.74, 6) is 0.426. The van der Waals surface area contributed by atoms with Crippen LogP contribution < -0.4 is 15.4 Å². The van der Waals surface area contributed by atoms with Crippen LogP contribution in [0.1, 0.15) is 18.1 Å². The van der Waals surface area contributed by atoms with Crippen LogP contribution in [-0.2, 0) is 11.3 Å². The largest absolute Gasteiger partial charge is 0.483 e. The van der Waals surface area contributed by atoms with Crippen LogP contribution in [0, 0.1) is 6.92 Å². The molecular formula is C19H23BrN2O3. The lowest BCUT2D eigenvalue weighted by molar-refractivity contribution is -0.118.